The summed E-state index contributed by atoms with van der Waals surface area (Å²) in [6.07, 6.45) is -0.633. The third kappa shape index (κ3) is 9.58. The fraction of sp³-hybridized carbons (Fsp3) is 0.385. The molecule has 2 aromatic rings. The largest absolute Gasteiger partial charge is 0.444 e. The van der Waals surface area contributed by atoms with Crippen molar-refractivity contribution in [3.63, 3.8) is 0 Å². The van der Waals surface area contributed by atoms with E-state index in [0.29, 0.717) is 5.02 Å². The second-order valence-electron chi connectivity index (χ2n) is 9.48. The van der Waals surface area contributed by atoms with Crippen molar-refractivity contribution in [2.45, 2.75) is 58.7 Å². The van der Waals surface area contributed by atoms with Gasteiger partial charge in [0.05, 0.1) is 5.56 Å². The summed E-state index contributed by atoms with van der Waals surface area (Å²) in [5.41, 5.74) is 2.32. The van der Waals surface area contributed by atoms with Crippen molar-refractivity contribution >= 4 is 35.5 Å². The van der Waals surface area contributed by atoms with Crippen LogP contribution >= 0.6 is 11.6 Å². The molecule has 2 aromatic carbocycles. The van der Waals surface area contributed by atoms with Crippen molar-refractivity contribution in [3.8, 4) is 0 Å². The van der Waals surface area contributed by atoms with Gasteiger partial charge in [0.1, 0.15) is 17.7 Å². The van der Waals surface area contributed by atoms with Crippen LogP contribution < -0.4 is 16.1 Å². The molecule has 2 rings (SSSR count). The maximum Gasteiger partial charge on any atom is 0.408 e. The number of amides is 3. The van der Waals surface area contributed by atoms with E-state index in [4.69, 9.17) is 21.2 Å². The zero-order valence-corrected chi connectivity index (χ0v) is 21.7. The number of ether oxygens (including phenoxy) is 1. The van der Waals surface area contributed by atoms with E-state index in [-0.39, 0.29) is 17.9 Å². The van der Waals surface area contributed by atoms with Crippen LogP contribution in [0.1, 0.15) is 50.5 Å². The van der Waals surface area contributed by atoms with E-state index in [0.717, 1.165) is 5.56 Å². The summed E-state index contributed by atoms with van der Waals surface area (Å²) < 4.78 is 5.26. The molecule has 3 N–H and O–H groups in total. The summed E-state index contributed by atoms with van der Waals surface area (Å²) >= 11 is 5.83. The second kappa shape index (κ2) is 12.9. The normalized spacial score (nSPS) is 12.8. The zero-order valence-electron chi connectivity index (χ0n) is 21.0. The molecule has 0 fully saturated rings. The molecule has 0 aliphatic rings. The Labute approximate surface area is 215 Å². The van der Waals surface area contributed by atoms with Crippen LogP contribution in [0.4, 0.5) is 4.79 Å². The number of alkyl carbamates (subject to hydrolysis) is 1. The lowest BCUT2D eigenvalue weighted by atomic mass is 10.0. The minimum absolute atomic E-state index is 0.119. The number of rotatable bonds is 8. The molecule has 9 nitrogen and oxygen atoms in total. The first-order valence-electron chi connectivity index (χ1n) is 11.5. The average Bonchev–Trinajstić information content (AvgIpc) is 2.80. The highest BCUT2D eigenvalue weighted by Crippen LogP contribution is 2.12. The molecule has 36 heavy (non-hydrogen) atoms. The van der Waals surface area contributed by atoms with Crippen molar-refractivity contribution < 1.29 is 28.8 Å². The Morgan fingerprint density at radius 3 is 2.06 bits per heavy atom. The fourth-order valence-electron chi connectivity index (χ4n) is 3.10. The Hall–Kier alpha value is -3.59. The Morgan fingerprint density at radius 1 is 0.889 bits per heavy atom. The Bertz CT molecular complexity index is 1050. The second-order valence-corrected chi connectivity index (χ2v) is 9.92. The summed E-state index contributed by atoms with van der Waals surface area (Å²) in [6.45, 7) is 8.64. The monoisotopic (exact) mass is 517 g/mol. The minimum atomic E-state index is -1.10. The number of carbonyl (C=O) groups is 4. The van der Waals surface area contributed by atoms with Crippen LogP contribution in [0.3, 0.4) is 0 Å². The minimum Gasteiger partial charge on any atom is -0.444 e. The molecule has 0 saturated carbocycles. The number of carbonyl (C=O) groups excluding carboxylic acids is 4. The van der Waals surface area contributed by atoms with E-state index in [1.807, 2.05) is 6.07 Å². The first-order valence-corrected chi connectivity index (χ1v) is 11.8. The molecule has 0 saturated heterocycles. The van der Waals surface area contributed by atoms with Crippen LogP contribution in [0.2, 0.25) is 5.02 Å². The predicted molar refractivity (Wildman–Crippen MR) is 135 cm³/mol. The topological polar surface area (TPSA) is 123 Å². The van der Waals surface area contributed by atoms with Crippen LogP contribution in [-0.2, 0) is 25.6 Å². The number of nitrogens with one attached hydrogen (secondary N) is 3. The molecule has 194 valence electrons. The summed E-state index contributed by atoms with van der Waals surface area (Å²) in [5, 5.41) is 5.66. The molecule has 0 radical (unpaired) electrons. The molecule has 0 aromatic heterocycles. The van der Waals surface area contributed by atoms with Crippen LogP contribution in [0.25, 0.3) is 0 Å². The SMILES string of the molecule is CC(C)[C@H](NC(=O)OC(C)(C)C)C(=O)N[C@@H](Cc1ccccc1)C(=O)NOC(=O)c1ccc(Cl)cc1. The molecule has 0 unspecified atom stereocenters. The summed E-state index contributed by atoms with van der Waals surface area (Å²) in [5.74, 6) is -2.43. The summed E-state index contributed by atoms with van der Waals surface area (Å²) in [4.78, 5) is 55.5. The van der Waals surface area contributed by atoms with Crippen LogP contribution in [0, 0.1) is 5.92 Å². The van der Waals surface area contributed by atoms with Crippen molar-refractivity contribution in [3.05, 3.63) is 70.7 Å². The van der Waals surface area contributed by atoms with Gasteiger partial charge in [-0.15, -0.1) is 0 Å². The Kier molecular flexibility index (Phi) is 10.3. The summed E-state index contributed by atoms with van der Waals surface area (Å²) in [7, 11) is 0. The maximum atomic E-state index is 13.1. The van der Waals surface area contributed by atoms with Gasteiger partial charge >= 0.3 is 12.1 Å². The van der Waals surface area contributed by atoms with Crippen LogP contribution in [-0.4, -0.2) is 41.6 Å². The van der Waals surface area contributed by atoms with Gasteiger partial charge in [0.2, 0.25) is 5.91 Å². The molecular weight excluding hydrogens is 486 g/mol. The number of halogens is 1. The van der Waals surface area contributed by atoms with Gasteiger partial charge in [0.25, 0.3) is 5.91 Å². The highest BCUT2D eigenvalue weighted by atomic mass is 35.5. The highest BCUT2D eigenvalue weighted by Gasteiger charge is 2.31. The number of hydrogen-bond donors (Lipinski definition) is 3. The van der Waals surface area contributed by atoms with Crippen LogP contribution in [0.15, 0.2) is 54.6 Å². The smallest absolute Gasteiger partial charge is 0.408 e. The quantitative estimate of drug-likeness (QED) is 0.458. The van der Waals surface area contributed by atoms with Crippen molar-refractivity contribution in [1.82, 2.24) is 16.1 Å². The van der Waals surface area contributed by atoms with Gasteiger partial charge in [0, 0.05) is 11.4 Å². The Morgan fingerprint density at radius 2 is 1.50 bits per heavy atom. The van der Waals surface area contributed by atoms with Gasteiger partial charge in [-0.1, -0.05) is 55.8 Å². The number of benzene rings is 2. The van der Waals surface area contributed by atoms with Gasteiger partial charge in [-0.2, -0.15) is 5.48 Å². The van der Waals surface area contributed by atoms with E-state index < -0.39 is 41.6 Å². The molecule has 0 aliphatic heterocycles. The van der Waals surface area contributed by atoms with Crippen molar-refractivity contribution in [1.29, 1.82) is 0 Å². The van der Waals surface area contributed by atoms with Crippen molar-refractivity contribution in [2.75, 3.05) is 0 Å². The lowest BCUT2D eigenvalue weighted by Gasteiger charge is -2.27. The predicted octanol–water partition coefficient (Wildman–Crippen LogP) is 3.80. The molecule has 0 aliphatic carbocycles. The third-order valence-electron chi connectivity index (χ3n) is 4.86. The fourth-order valence-corrected chi connectivity index (χ4v) is 3.23. The molecule has 2 atom stereocenters. The molecule has 0 heterocycles. The first kappa shape index (κ1) is 28.6. The van der Waals surface area contributed by atoms with Crippen LogP contribution in [0.5, 0.6) is 0 Å². The van der Waals surface area contributed by atoms with Gasteiger partial charge in [-0.05, 0) is 56.5 Å². The molecule has 10 heteroatoms. The number of hydroxylamine groups is 1. The standard InChI is InChI=1S/C26H32ClN3O6/c1-16(2)21(29-25(34)35-26(3,4)5)23(32)28-20(15-17-9-7-6-8-10-17)22(31)30-36-24(33)18-11-13-19(27)14-12-18/h6-14,16,20-21H,15H2,1-5H3,(H,28,32)(H,29,34)(H,30,31)/t20-,21-/m0/s1. The maximum absolute atomic E-state index is 13.1. The molecule has 0 bridgehead atoms. The molecule has 3 amide bonds. The van der Waals surface area contributed by atoms with E-state index in [9.17, 15) is 19.2 Å². The molecule has 0 spiro atoms. The third-order valence-corrected chi connectivity index (χ3v) is 5.11. The average molecular weight is 518 g/mol. The lowest BCUT2D eigenvalue weighted by Crippen LogP contribution is -2.56. The van der Waals surface area contributed by atoms with Gasteiger partial charge in [-0.25, -0.2) is 9.59 Å². The Balaban J connectivity index is 2.13. The van der Waals surface area contributed by atoms with E-state index in [1.165, 1.54) is 24.3 Å². The highest BCUT2D eigenvalue weighted by molar-refractivity contribution is 6.30. The lowest BCUT2D eigenvalue weighted by molar-refractivity contribution is -0.136. The van der Waals surface area contributed by atoms with E-state index in [1.54, 1.807) is 58.9 Å². The summed E-state index contributed by atoms with van der Waals surface area (Å²) in [6, 6.07) is 12.9. The number of hydrogen-bond acceptors (Lipinski definition) is 6. The van der Waals surface area contributed by atoms with Crippen molar-refractivity contribution in [2.24, 2.45) is 5.92 Å². The zero-order chi connectivity index (χ0) is 26.9. The van der Waals surface area contributed by atoms with E-state index in [2.05, 4.69) is 16.1 Å². The van der Waals surface area contributed by atoms with E-state index >= 15 is 0 Å². The van der Waals surface area contributed by atoms with Gasteiger partial charge < -0.3 is 20.2 Å². The van der Waals surface area contributed by atoms with Gasteiger partial charge in [-0.3, -0.25) is 9.59 Å². The first-order chi connectivity index (χ1) is 16.9. The van der Waals surface area contributed by atoms with Gasteiger partial charge in [0.15, 0.2) is 0 Å². The molecular formula is C26H32ClN3O6.